The molecule has 0 unspecified atom stereocenters. The molecule has 8 heteroatoms. The SMILES string of the molecule is Cc1cccc(C)c1-c1cc(-c2c(C)cccc2C)cc(N(c2cccc(F)c2)c2ccc3ccc4c(N(c5cccc(F)c5)c5cc(-c6c(C)cccc6C)cc(-c6c(C)cccc6C)c5)ccc5ccc2c3c54)c1.Cc1ccccc1-c1cc(-c2ccccc2C)cc(N(c2ccccc2C#N)c2ccc3ccc4c(N(c5cc(-c6ccccc6C)cc(-c6ccccc6C)c5)c5ccccc5C#N)ccc5ccc2c3c54)c1. The molecule has 24 aromatic carbocycles. The molecule has 0 fully saturated rings. The average Bonchev–Trinajstić information content (AvgIpc) is 0.722. The van der Waals surface area contributed by atoms with E-state index in [4.69, 9.17) is 0 Å². The highest BCUT2D eigenvalue weighted by molar-refractivity contribution is 6.30. The standard InChI is InChI=1S/C72H58F2N2.C70H50N4/c1-43-15-9-16-44(2)67(43)53-35-54(68-45(3)17-10-18-46(68)4)38-61(37-53)75(59-25-13-23-57(73)41-59)65-33-29-51-28-32-64-66(34-30-52-27-31-63(65)71(51)72(52)64)76(60-26-14-24-58(74)42-60)62-39-55(69-47(5)19-11-20-48(69)6)36-56(40-62)70-49(7)21-12-22-50(70)8;1-45-17-5-11-23-59(45)53-37-54(60-24-12-6-18-46(60)2)40-57(39-53)73(65-27-15-9-21-51(65)43-71)67-35-31-49-30-34-64-68(36-32-50-29-33-63(67)69(49)70(50)64)74(66-28-16-10-22-52(66)44-72)58-41-55(61-25-13-7-19-47(61)3)38-56(42-58)62-26-14-8-20-48(62)4/h9-42H,1-8H3;5-42H,1-4H3. The van der Waals surface area contributed by atoms with Gasteiger partial charge in [-0.1, -0.05) is 279 Å². The van der Waals surface area contributed by atoms with Crippen molar-refractivity contribution in [1.82, 2.24) is 0 Å². The lowest BCUT2D eigenvalue weighted by Crippen LogP contribution is -2.13. The van der Waals surface area contributed by atoms with E-state index in [0.29, 0.717) is 22.5 Å². The number of aryl methyl sites for hydroxylation is 12. The summed E-state index contributed by atoms with van der Waals surface area (Å²) < 4.78 is 31.6. The molecule has 0 aliphatic rings. The van der Waals surface area contributed by atoms with Crippen LogP contribution >= 0.6 is 0 Å². The van der Waals surface area contributed by atoms with Gasteiger partial charge in [-0.05, 0) is 440 Å². The van der Waals surface area contributed by atoms with Crippen LogP contribution in [0.1, 0.15) is 77.9 Å². The minimum atomic E-state index is -0.314. The molecule has 0 amide bonds. The maximum atomic E-state index is 15.8. The van der Waals surface area contributed by atoms with Crippen LogP contribution in [0.15, 0.2) is 437 Å². The van der Waals surface area contributed by atoms with Crippen LogP contribution in [0.4, 0.5) is 77.0 Å². The summed E-state index contributed by atoms with van der Waals surface area (Å²) >= 11 is 0. The van der Waals surface area contributed by atoms with E-state index in [1.807, 2.05) is 48.5 Å². The van der Waals surface area contributed by atoms with Crippen LogP contribution in [0.25, 0.3) is 154 Å². The third-order valence-corrected chi connectivity index (χ3v) is 30.5. The topological polar surface area (TPSA) is 60.5 Å². The summed E-state index contributed by atoms with van der Waals surface area (Å²) in [7, 11) is 0. The van der Waals surface area contributed by atoms with E-state index < -0.39 is 0 Å². The third kappa shape index (κ3) is 17.3. The Morgan fingerprint density at radius 2 is 0.387 bits per heavy atom. The first-order chi connectivity index (χ1) is 73.1. The van der Waals surface area contributed by atoms with Crippen molar-refractivity contribution in [1.29, 1.82) is 10.5 Å². The van der Waals surface area contributed by atoms with E-state index in [1.165, 1.54) is 101 Å². The quantitative estimate of drug-likeness (QED) is 0.0709. The number of benzene rings is 24. The van der Waals surface area contributed by atoms with E-state index in [-0.39, 0.29) is 11.6 Å². The van der Waals surface area contributed by atoms with Gasteiger partial charge in [0, 0.05) is 55.7 Å². The summed E-state index contributed by atoms with van der Waals surface area (Å²) in [6.45, 7) is 26.1. The van der Waals surface area contributed by atoms with Crippen LogP contribution in [0.3, 0.4) is 0 Å². The fourth-order valence-corrected chi connectivity index (χ4v) is 23.6. The van der Waals surface area contributed by atoms with Gasteiger partial charge in [-0.25, -0.2) is 8.78 Å². The number of para-hydroxylation sites is 2. The summed E-state index contributed by atoms with van der Waals surface area (Å²) in [4.78, 5) is 9.04. The van der Waals surface area contributed by atoms with Gasteiger partial charge in [0.2, 0.25) is 0 Å². The average molecular weight is 1940 g/mol. The Kier molecular flexibility index (Phi) is 24.9. The molecule has 0 radical (unpaired) electrons. The molecular formula is C142H108F2N6. The molecule has 0 atom stereocenters. The summed E-state index contributed by atoms with van der Waals surface area (Å²) in [6.07, 6.45) is 0. The number of halogens is 2. The largest absolute Gasteiger partial charge is 0.310 e. The van der Waals surface area contributed by atoms with Crippen molar-refractivity contribution in [2.45, 2.75) is 83.1 Å². The van der Waals surface area contributed by atoms with Crippen molar-refractivity contribution in [3.63, 3.8) is 0 Å². The van der Waals surface area contributed by atoms with Gasteiger partial charge in [0.05, 0.1) is 45.3 Å². The number of nitrogens with zero attached hydrogens (tertiary/aromatic N) is 6. The summed E-state index contributed by atoms with van der Waals surface area (Å²) in [6, 6.07) is 158. The highest BCUT2D eigenvalue weighted by Crippen LogP contribution is 2.55. The van der Waals surface area contributed by atoms with Gasteiger partial charge in [0.1, 0.15) is 23.8 Å². The second kappa shape index (κ2) is 39.4. The van der Waals surface area contributed by atoms with E-state index in [9.17, 15) is 10.5 Å². The molecule has 0 N–H and O–H groups in total. The summed E-state index contributed by atoms with van der Waals surface area (Å²) in [5.41, 5.74) is 43.9. The fraction of sp³-hybridized carbons (Fsp3) is 0.0845. The number of rotatable bonds is 20. The van der Waals surface area contributed by atoms with Crippen molar-refractivity contribution in [2.24, 2.45) is 0 Å². The zero-order valence-electron chi connectivity index (χ0n) is 86.0. The van der Waals surface area contributed by atoms with E-state index in [2.05, 4.69) is 467 Å². The number of hydrogen-bond donors (Lipinski definition) is 0. The second-order valence-electron chi connectivity index (χ2n) is 40.1. The number of anilines is 12. The smallest absolute Gasteiger partial charge is 0.125 e. The molecule has 0 saturated heterocycles. The fourth-order valence-electron chi connectivity index (χ4n) is 23.6. The van der Waals surface area contributed by atoms with Gasteiger partial charge < -0.3 is 19.6 Å². The van der Waals surface area contributed by atoms with Crippen molar-refractivity contribution >= 4 is 133 Å². The van der Waals surface area contributed by atoms with Gasteiger partial charge in [-0.15, -0.1) is 0 Å². The Labute approximate surface area is 876 Å². The zero-order chi connectivity index (χ0) is 103. The van der Waals surface area contributed by atoms with Crippen LogP contribution in [0, 0.1) is 117 Å². The maximum Gasteiger partial charge on any atom is 0.125 e. The molecule has 0 aliphatic heterocycles. The maximum absolute atomic E-state index is 15.8. The molecule has 0 aromatic heterocycles. The van der Waals surface area contributed by atoms with Gasteiger partial charge >= 0.3 is 0 Å². The summed E-state index contributed by atoms with van der Waals surface area (Å²) in [5, 5.41) is 34.6. The van der Waals surface area contributed by atoms with Crippen LogP contribution in [0.5, 0.6) is 0 Å². The first kappa shape index (κ1) is 95.0. The Balaban J connectivity index is 0.000000164. The lowest BCUT2D eigenvalue weighted by atomic mass is 9.89. The molecule has 0 heterocycles. The van der Waals surface area contributed by atoms with Crippen LogP contribution < -0.4 is 19.6 Å². The molecule has 150 heavy (non-hydrogen) atoms. The second-order valence-corrected chi connectivity index (χ2v) is 40.1. The Bertz CT molecular complexity index is 8710. The molecule has 0 aliphatic carbocycles. The monoisotopic (exact) mass is 1930 g/mol. The van der Waals surface area contributed by atoms with Crippen LogP contribution in [0.2, 0.25) is 0 Å². The minimum Gasteiger partial charge on any atom is -0.310 e. The molecular weight excluding hydrogens is 1830 g/mol. The number of hydrogen-bond acceptors (Lipinski definition) is 6. The van der Waals surface area contributed by atoms with Crippen LogP contribution in [-0.4, -0.2) is 0 Å². The molecule has 720 valence electrons. The van der Waals surface area contributed by atoms with Crippen molar-refractivity contribution in [2.75, 3.05) is 19.6 Å². The number of nitriles is 2. The molecule has 6 nitrogen and oxygen atoms in total. The Morgan fingerprint density at radius 1 is 0.173 bits per heavy atom. The molecule has 0 bridgehead atoms. The Hall–Kier alpha value is -18.6. The van der Waals surface area contributed by atoms with E-state index in [1.54, 1.807) is 24.3 Å². The van der Waals surface area contributed by atoms with Gasteiger partial charge in [0.25, 0.3) is 0 Å². The van der Waals surface area contributed by atoms with Gasteiger partial charge in [-0.3, -0.25) is 0 Å². The molecule has 24 aromatic rings. The van der Waals surface area contributed by atoms with Crippen molar-refractivity contribution in [3.8, 4) is 101 Å². The predicted molar refractivity (Wildman–Crippen MR) is 629 cm³/mol. The highest BCUT2D eigenvalue weighted by atomic mass is 19.1. The zero-order valence-corrected chi connectivity index (χ0v) is 86.0. The summed E-state index contributed by atoms with van der Waals surface area (Å²) in [5.74, 6) is -0.629. The first-order valence-corrected chi connectivity index (χ1v) is 51.3. The van der Waals surface area contributed by atoms with Gasteiger partial charge in [0.15, 0.2) is 0 Å². The molecule has 24 rings (SSSR count). The van der Waals surface area contributed by atoms with E-state index in [0.717, 1.165) is 188 Å². The lowest BCUT2D eigenvalue weighted by Gasteiger charge is -2.31. The predicted octanol–water partition coefficient (Wildman–Crippen LogP) is 40.1. The highest BCUT2D eigenvalue weighted by Gasteiger charge is 2.31. The minimum absolute atomic E-state index is 0.314. The van der Waals surface area contributed by atoms with Crippen LogP contribution in [-0.2, 0) is 0 Å². The Morgan fingerprint density at radius 3 is 0.647 bits per heavy atom. The first-order valence-electron chi connectivity index (χ1n) is 51.3. The third-order valence-electron chi connectivity index (χ3n) is 30.5. The van der Waals surface area contributed by atoms with Crippen molar-refractivity contribution in [3.05, 3.63) is 526 Å². The lowest BCUT2D eigenvalue weighted by molar-refractivity contribution is 0.627. The normalized spacial score (nSPS) is 11.4. The van der Waals surface area contributed by atoms with E-state index >= 15 is 8.78 Å². The van der Waals surface area contributed by atoms with Crippen molar-refractivity contribution < 1.29 is 8.78 Å². The van der Waals surface area contributed by atoms with Gasteiger partial charge in [-0.2, -0.15) is 10.5 Å². The molecule has 0 saturated carbocycles. The molecule has 0 spiro atoms.